The molecule has 0 atom stereocenters. The number of hydrogen-bond donors (Lipinski definition) is 1. The van der Waals surface area contributed by atoms with E-state index in [0.717, 1.165) is 26.0 Å². The van der Waals surface area contributed by atoms with Gasteiger partial charge >= 0.3 is 0 Å². The standard InChI is InChI=1S/C8H19NO/c1-8(2,3)10-7-5-4-6-9/h4-7,9H2,1-3H3. The van der Waals surface area contributed by atoms with Gasteiger partial charge in [0.05, 0.1) is 5.60 Å². The average Bonchev–Trinajstić information content (AvgIpc) is 1.78. The zero-order valence-electron chi connectivity index (χ0n) is 7.31. The van der Waals surface area contributed by atoms with Crippen molar-refractivity contribution in [3.8, 4) is 0 Å². The average molecular weight is 145 g/mol. The Hall–Kier alpha value is -0.0800. The van der Waals surface area contributed by atoms with Crippen LogP contribution in [-0.2, 0) is 4.74 Å². The Morgan fingerprint density at radius 1 is 1.20 bits per heavy atom. The Balaban J connectivity index is 3.04. The molecule has 0 saturated heterocycles. The summed E-state index contributed by atoms with van der Waals surface area (Å²) in [6, 6.07) is 0. The van der Waals surface area contributed by atoms with Crippen LogP contribution in [0, 0.1) is 0 Å². The number of hydrogen-bond acceptors (Lipinski definition) is 2. The minimum Gasteiger partial charge on any atom is -0.376 e. The molecule has 2 N–H and O–H groups in total. The number of rotatable bonds is 4. The highest BCUT2D eigenvalue weighted by Gasteiger charge is 2.08. The fraction of sp³-hybridized carbons (Fsp3) is 1.00. The lowest BCUT2D eigenvalue weighted by Gasteiger charge is -2.19. The van der Waals surface area contributed by atoms with Gasteiger partial charge in [0, 0.05) is 6.61 Å². The molecular formula is C8H19NO. The summed E-state index contributed by atoms with van der Waals surface area (Å²) in [7, 11) is 0. The molecule has 0 bridgehead atoms. The van der Waals surface area contributed by atoms with Crippen LogP contribution in [0.1, 0.15) is 33.6 Å². The Bertz CT molecular complexity index is 75.8. The summed E-state index contributed by atoms with van der Waals surface area (Å²) in [6.45, 7) is 7.80. The lowest BCUT2D eigenvalue weighted by Crippen LogP contribution is -2.20. The van der Waals surface area contributed by atoms with Gasteiger partial charge in [-0.3, -0.25) is 0 Å². The zero-order valence-corrected chi connectivity index (χ0v) is 7.31. The molecule has 62 valence electrons. The van der Waals surface area contributed by atoms with Crippen molar-refractivity contribution < 1.29 is 4.74 Å². The molecule has 2 heteroatoms. The minimum absolute atomic E-state index is 0.00853. The third-order valence-corrected chi connectivity index (χ3v) is 1.13. The molecule has 0 amide bonds. The van der Waals surface area contributed by atoms with Gasteiger partial charge in [-0.25, -0.2) is 0 Å². The van der Waals surface area contributed by atoms with E-state index >= 15 is 0 Å². The van der Waals surface area contributed by atoms with E-state index in [1.807, 2.05) is 0 Å². The second kappa shape index (κ2) is 4.69. The third kappa shape index (κ3) is 7.92. The number of nitrogens with two attached hydrogens (primary N) is 1. The summed E-state index contributed by atoms with van der Waals surface area (Å²) in [4.78, 5) is 0. The van der Waals surface area contributed by atoms with Gasteiger partial charge in [-0.05, 0) is 40.2 Å². The fourth-order valence-electron chi connectivity index (χ4n) is 0.625. The minimum atomic E-state index is 0.00853. The zero-order chi connectivity index (χ0) is 8.04. The molecule has 0 saturated carbocycles. The van der Waals surface area contributed by atoms with Crippen LogP contribution in [0.15, 0.2) is 0 Å². The molecule has 0 aliphatic rings. The highest BCUT2D eigenvalue weighted by molar-refractivity contribution is 4.58. The van der Waals surface area contributed by atoms with Crippen molar-refractivity contribution in [2.75, 3.05) is 13.2 Å². The lowest BCUT2D eigenvalue weighted by molar-refractivity contribution is -0.00435. The molecule has 0 unspecified atom stereocenters. The van der Waals surface area contributed by atoms with E-state index in [2.05, 4.69) is 20.8 Å². The smallest absolute Gasteiger partial charge is 0.0598 e. The molecule has 2 nitrogen and oxygen atoms in total. The molecular weight excluding hydrogens is 126 g/mol. The van der Waals surface area contributed by atoms with Gasteiger partial charge in [-0.2, -0.15) is 0 Å². The van der Waals surface area contributed by atoms with Crippen LogP contribution in [0.2, 0.25) is 0 Å². The summed E-state index contributed by atoms with van der Waals surface area (Å²) >= 11 is 0. The van der Waals surface area contributed by atoms with Gasteiger partial charge in [-0.1, -0.05) is 0 Å². The monoisotopic (exact) mass is 145 g/mol. The maximum atomic E-state index is 5.48. The van der Waals surface area contributed by atoms with E-state index in [-0.39, 0.29) is 5.60 Å². The van der Waals surface area contributed by atoms with Gasteiger partial charge in [0.25, 0.3) is 0 Å². The van der Waals surface area contributed by atoms with E-state index in [9.17, 15) is 0 Å². The molecule has 0 aliphatic carbocycles. The summed E-state index contributed by atoms with van der Waals surface area (Å²) in [5, 5.41) is 0. The molecule has 0 radical (unpaired) electrons. The normalized spacial score (nSPS) is 12.0. The highest BCUT2D eigenvalue weighted by Crippen LogP contribution is 2.06. The van der Waals surface area contributed by atoms with E-state index < -0.39 is 0 Å². The van der Waals surface area contributed by atoms with E-state index in [1.54, 1.807) is 0 Å². The first-order valence-corrected chi connectivity index (χ1v) is 3.90. The summed E-state index contributed by atoms with van der Waals surface area (Å²) in [6.07, 6.45) is 2.14. The van der Waals surface area contributed by atoms with E-state index in [1.165, 1.54) is 0 Å². The molecule has 0 spiro atoms. The predicted octanol–water partition coefficient (Wildman–Crippen LogP) is 1.54. The molecule has 0 aromatic rings. The Labute approximate surface area is 63.7 Å². The van der Waals surface area contributed by atoms with Crippen molar-refractivity contribution in [1.29, 1.82) is 0 Å². The second-order valence-electron chi connectivity index (χ2n) is 3.46. The maximum absolute atomic E-state index is 5.48. The van der Waals surface area contributed by atoms with Crippen LogP contribution in [0.4, 0.5) is 0 Å². The molecule has 0 aliphatic heterocycles. The second-order valence-corrected chi connectivity index (χ2v) is 3.46. The first-order chi connectivity index (χ1) is 4.56. The molecule has 0 fully saturated rings. The Morgan fingerprint density at radius 3 is 2.20 bits per heavy atom. The lowest BCUT2D eigenvalue weighted by atomic mass is 10.2. The number of ether oxygens (including phenoxy) is 1. The topological polar surface area (TPSA) is 35.2 Å². The fourth-order valence-corrected chi connectivity index (χ4v) is 0.625. The van der Waals surface area contributed by atoms with Crippen molar-refractivity contribution in [3.63, 3.8) is 0 Å². The van der Waals surface area contributed by atoms with Gasteiger partial charge in [0.2, 0.25) is 0 Å². The van der Waals surface area contributed by atoms with Gasteiger partial charge in [-0.15, -0.1) is 0 Å². The highest BCUT2D eigenvalue weighted by atomic mass is 16.5. The quantitative estimate of drug-likeness (QED) is 0.609. The van der Waals surface area contributed by atoms with E-state index in [0.29, 0.717) is 0 Å². The van der Waals surface area contributed by atoms with Crippen molar-refractivity contribution in [3.05, 3.63) is 0 Å². The molecule has 0 rings (SSSR count). The van der Waals surface area contributed by atoms with Gasteiger partial charge < -0.3 is 10.5 Å². The largest absolute Gasteiger partial charge is 0.376 e. The Kier molecular flexibility index (Phi) is 4.65. The van der Waals surface area contributed by atoms with Crippen molar-refractivity contribution in [2.24, 2.45) is 5.73 Å². The van der Waals surface area contributed by atoms with Crippen LogP contribution in [-0.4, -0.2) is 18.8 Å². The SMILES string of the molecule is CC(C)(C)OCCCCN. The summed E-state index contributed by atoms with van der Waals surface area (Å²) in [5.41, 5.74) is 5.33. The molecule has 0 aromatic heterocycles. The third-order valence-electron chi connectivity index (χ3n) is 1.13. The van der Waals surface area contributed by atoms with Crippen LogP contribution >= 0.6 is 0 Å². The van der Waals surface area contributed by atoms with Crippen LogP contribution in [0.5, 0.6) is 0 Å². The first kappa shape index (κ1) is 9.92. The van der Waals surface area contributed by atoms with Gasteiger partial charge in [0.15, 0.2) is 0 Å². The first-order valence-electron chi connectivity index (χ1n) is 3.90. The van der Waals surface area contributed by atoms with Gasteiger partial charge in [0.1, 0.15) is 0 Å². The van der Waals surface area contributed by atoms with Crippen LogP contribution in [0.3, 0.4) is 0 Å². The van der Waals surface area contributed by atoms with Crippen LogP contribution in [0.25, 0.3) is 0 Å². The van der Waals surface area contributed by atoms with Crippen molar-refractivity contribution in [2.45, 2.75) is 39.2 Å². The molecule has 10 heavy (non-hydrogen) atoms. The molecule has 0 heterocycles. The van der Waals surface area contributed by atoms with Crippen molar-refractivity contribution >= 4 is 0 Å². The summed E-state index contributed by atoms with van der Waals surface area (Å²) in [5.74, 6) is 0. The maximum Gasteiger partial charge on any atom is 0.0598 e. The van der Waals surface area contributed by atoms with Crippen LogP contribution < -0.4 is 5.73 Å². The molecule has 0 aromatic carbocycles. The predicted molar refractivity (Wildman–Crippen MR) is 44.0 cm³/mol. The number of unbranched alkanes of at least 4 members (excludes halogenated alkanes) is 1. The van der Waals surface area contributed by atoms with E-state index in [4.69, 9.17) is 10.5 Å². The van der Waals surface area contributed by atoms with Crippen molar-refractivity contribution in [1.82, 2.24) is 0 Å². The Morgan fingerprint density at radius 2 is 1.80 bits per heavy atom. The summed E-state index contributed by atoms with van der Waals surface area (Å²) < 4.78 is 5.48.